The van der Waals surface area contributed by atoms with Gasteiger partial charge in [0.05, 0.1) is 11.1 Å². The van der Waals surface area contributed by atoms with E-state index in [1.54, 1.807) is 4.90 Å². The van der Waals surface area contributed by atoms with Crippen LogP contribution in [0, 0.1) is 5.92 Å². The molecule has 0 saturated heterocycles. The van der Waals surface area contributed by atoms with E-state index in [1.807, 2.05) is 18.2 Å². The summed E-state index contributed by atoms with van der Waals surface area (Å²) in [4.78, 5) is 14.3. The predicted molar refractivity (Wildman–Crippen MR) is 105 cm³/mol. The van der Waals surface area contributed by atoms with Crippen molar-refractivity contribution >= 4 is 6.03 Å². The third-order valence-electron chi connectivity index (χ3n) is 6.57. The highest BCUT2D eigenvalue weighted by molar-refractivity contribution is 5.75. The van der Waals surface area contributed by atoms with E-state index >= 15 is 0 Å². The van der Waals surface area contributed by atoms with E-state index in [0.29, 0.717) is 18.5 Å². The molecule has 6 heteroatoms. The Hall–Kier alpha value is -2.50. The normalized spacial score (nSPS) is 22.9. The number of urea groups is 1. The first-order valence-corrected chi connectivity index (χ1v) is 10.2. The maximum atomic E-state index is 13.2. The van der Waals surface area contributed by atoms with Crippen molar-refractivity contribution in [2.45, 2.75) is 50.2 Å². The van der Waals surface area contributed by atoms with E-state index in [9.17, 15) is 18.0 Å². The number of primary amides is 1. The smallest absolute Gasteiger partial charge is 0.351 e. The Morgan fingerprint density at radius 1 is 1.00 bits per heavy atom. The number of alkyl halides is 3. The van der Waals surface area contributed by atoms with Gasteiger partial charge in [-0.2, -0.15) is 13.2 Å². The predicted octanol–water partition coefficient (Wildman–Crippen LogP) is 5.47. The van der Waals surface area contributed by atoms with Crippen molar-refractivity contribution in [2.75, 3.05) is 6.54 Å². The summed E-state index contributed by atoms with van der Waals surface area (Å²) in [6.07, 6.45) is 1.35. The Labute approximate surface area is 168 Å². The molecule has 2 amide bonds. The van der Waals surface area contributed by atoms with Gasteiger partial charge in [0.15, 0.2) is 0 Å². The Bertz CT molecular complexity index is 888. The summed E-state index contributed by atoms with van der Waals surface area (Å²) in [7, 11) is 0. The standard InChI is InChI=1S/C23H25F3N2O/c24-23(25,26)19-12-10-18(11-13-19)22(17-7-2-1-3-8-17)20-9-5-4-6-16(20)14-15-28(22)21(27)29/h4-6,9-13,17H,1-3,7-8,14-15H2,(H2,27,29)/t22-/m1/s1. The van der Waals surface area contributed by atoms with Gasteiger partial charge in [-0.1, -0.05) is 55.7 Å². The highest BCUT2D eigenvalue weighted by Crippen LogP contribution is 2.51. The van der Waals surface area contributed by atoms with Crippen molar-refractivity contribution in [2.24, 2.45) is 11.7 Å². The molecule has 154 valence electrons. The van der Waals surface area contributed by atoms with E-state index in [2.05, 4.69) is 6.07 Å². The molecule has 2 aromatic carbocycles. The van der Waals surface area contributed by atoms with E-state index in [4.69, 9.17) is 5.73 Å². The van der Waals surface area contributed by atoms with Gasteiger partial charge < -0.3 is 10.6 Å². The number of amides is 2. The molecule has 1 heterocycles. The molecule has 1 atom stereocenters. The van der Waals surface area contributed by atoms with E-state index in [-0.39, 0.29) is 5.92 Å². The van der Waals surface area contributed by atoms with Crippen LogP contribution in [0.15, 0.2) is 48.5 Å². The molecule has 0 unspecified atom stereocenters. The van der Waals surface area contributed by atoms with Gasteiger partial charge >= 0.3 is 12.2 Å². The quantitative estimate of drug-likeness (QED) is 0.712. The molecule has 0 aromatic heterocycles. The monoisotopic (exact) mass is 402 g/mol. The Morgan fingerprint density at radius 3 is 2.28 bits per heavy atom. The highest BCUT2D eigenvalue weighted by Gasteiger charge is 2.51. The summed E-state index contributed by atoms with van der Waals surface area (Å²) in [5.74, 6) is 0.113. The molecule has 0 spiro atoms. The molecule has 3 nitrogen and oxygen atoms in total. The molecule has 1 saturated carbocycles. The van der Waals surface area contributed by atoms with Gasteiger partial charge in [0.1, 0.15) is 0 Å². The van der Waals surface area contributed by atoms with Gasteiger partial charge in [0.2, 0.25) is 0 Å². The van der Waals surface area contributed by atoms with E-state index in [0.717, 1.165) is 55.4 Å². The Morgan fingerprint density at radius 2 is 1.66 bits per heavy atom. The van der Waals surface area contributed by atoms with Crippen molar-refractivity contribution in [1.29, 1.82) is 0 Å². The number of hydrogen-bond acceptors (Lipinski definition) is 1. The molecule has 1 aliphatic carbocycles. The molecule has 29 heavy (non-hydrogen) atoms. The number of halogens is 3. The lowest BCUT2D eigenvalue weighted by molar-refractivity contribution is -0.137. The zero-order valence-electron chi connectivity index (χ0n) is 16.2. The molecular formula is C23H25F3N2O. The summed E-state index contributed by atoms with van der Waals surface area (Å²) < 4.78 is 39.5. The second kappa shape index (κ2) is 7.39. The number of nitrogens with zero attached hydrogens (tertiary/aromatic N) is 1. The molecule has 4 rings (SSSR count). The molecule has 2 aliphatic rings. The number of hydrogen-bond donors (Lipinski definition) is 1. The molecule has 2 aromatic rings. The van der Waals surface area contributed by atoms with Gasteiger partial charge in [-0.25, -0.2) is 4.79 Å². The highest BCUT2D eigenvalue weighted by atomic mass is 19.4. The van der Waals surface area contributed by atoms with Crippen LogP contribution in [0.25, 0.3) is 0 Å². The average molecular weight is 402 g/mol. The van der Waals surface area contributed by atoms with Crippen LogP contribution in [0.2, 0.25) is 0 Å². The molecule has 1 fully saturated rings. The zero-order valence-corrected chi connectivity index (χ0v) is 16.2. The van der Waals surface area contributed by atoms with Crippen LogP contribution >= 0.6 is 0 Å². The minimum atomic E-state index is -4.40. The minimum absolute atomic E-state index is 0.113. The van der Waals surface area contributed by atoms with Crippen LogP contribution in [-0.4, -0.2) is 17.5 Å². The lowest BCUT2D eigenvalue weighted by atomic mass is 9.64. The summed E-state index contributed by atoms with van der Waals surface area (Å²) in [6.45, 7) is 0.462. The fraction of sp³-hybridized carbons (Fsp3) is 0.435. The lowest BCUT2D eigenvalue weighted by Gasteiger charge is -2.53. The minimum Gasteiger partial charge on any atom is -0.351 e. The van der Waals surface area contributed by atoms with Gasteiger partial charge in [-0.3, -0.25) is 0 Å². The number of carbonyl (C=O) groups is 1. The second-order valence-electron chi connectivity index (χ2n) is 8.07. The van der Waals surface area contributed by atoms with Crippen molar-refractivity contribution in [1.82, 2.24) is 4.90 Å². The maximum Gasteiger partial charge on any atom is 0.416 e. The summed E-state index contributed by atoms with van der Waals surface area (Å²) in [5.41, 5.74) is 7.18. The Balaban J connectivity index is 1.96. The van der Waals surface area contributed by atoms with Crippen LogP contribution < -0.4 is 5.73 Å². The molecule has 1 aliphatic heterocycles. The average Bonchev–Trinajstić information content (AvgIpc) is 2.73. The Kier molecular flexibility index (Phi) is 5.05. The largest absolute Gasteiger partial charge is 0.416 e. The lowest BCUT2D eigenvalue weighted by Crippen LogP contribution is -2.59. The van der Waals surface area contributed by atoms with Crippen molar-refractivity contribution < 1.29 is 18.0 Å². The van der Waals surface area contributed by atoms with Crippen molar-refractivity contribution in [3.8, 4) is 0 Å². The molecule has 0 radical (unpaired) electrons. The van der Waals surface area contributed by atoms with Gasteiger partial charge in [-0.05, 0) is 54.0 Å². The molecule has 0 bridgehead atoms. The number of nitrogens with two attached hydrogens (primary N) is 1. The summed E-state index contributed by atoms with van der Waals surface area (Å²) >= 11 is 0. The van der Waals surface area contributed by atoms with E-state index in [1.165, 1.54) is 12.1 Å². The topological polar surface area (TPSA) is 46.3 Å². The van der Waals surface area contributed by atoms with Gasteiger partial charge in [0.25, 0.3) is 0 Å². The van der Waals surface area contributed by atoms with Crippen LogP contribution in [0.3, 0.4) is 0 Å². The van der Waals surface area contributed by atoms with Gasteiger partial charge in [0, 0.05) is 6.54 Å². The number of carbonyl (C=O) groups excluding carboxylic acids is 1. The van der Waals surface area contributed by atoms with Crippen LogP contribution in [0.5, 0.6) is 0 Å². The zero-order chi connectivity index (χ0) is 20.6. The molecule has 2 N–H and O–H groups in total. The first kappa shape index (κ1) is 19.8. The fourth-order valence-electron chi connectivity index (χ4n) is 5.37. The van der Waals surface area contributed by atoms with Gasteiger partial charge in [-0.15, -0.1) is 0 Å². The third kappa shape index (κ3) is 3.28. The number of rotatable bonds is 2. The van der Waals surface area contributed by atoms with Crippen molar-refractivity contribution in [3.63, 3.8) is 0 Å². The summed E-state index contributed by atoms with van der Waals surface area (Å²) in [5, 5.41) is 0. The first-order valence-electron chi connectivity index (χ1n) is 10.2. The first-order chi connectivity index (χ1) is 13.8. The van der Waals surface area contributed by atoms with E-state index < -0.39 is 23.3 Å². The summed E-state index contributed by atoms with van der Waals surface area (Å²) in [6, 6.07) is 12.8. The van der Waals surface area contributed by atoms with Crippen LogP contribution in [0.4, 0.5) is 18.0 Å². The van der Waals surface area contributed by atoms with Crippen molar-refractivity contribution in [3.05, 3.63) is 70.8 Å². The fourth-order valence-corrected chi connectivity index (χ4v) is 5.37. The number of fused-ring (bicyclic) bond motifs is 1. The SMILES string of the molecule is NC(=O)N1CCc2ccccc2[C@]1(c1ccc(C(F)(F)F)cc1)C1CCCCC1. The molecular weight excluding hydrogens is 377 g/mol. The number of benzene rings is 2. The van der Waals surface area contributed by atoms with Crippen LogP contribution in [0.1, 0.15) is 54.4 Å². The third-order valence-corrected chi connectivity index (χ3v) is 6.57. The maximum absolute atomic E-state index is 13.2. The van der Waals surface area contributed by atoms with Crippen LogP contribution in [-0.2, 0) is 18.1 Å². The second-order valence-corrected chi connectivity index (χ2v) is 8.07.